The van der Waals surface area contributed by atoms with Gasteiger partial charge in [-0.1, -0.05) is 18.2 Å². The molecule has 3 atom stereocenters. The molecule has 3 fully saturated rings. The van der Waals surface area contributed by atoms with Crippen molar-refractivity contribution < 1.29 is 43.3 Å². The van der Waals surface area contributed by atoms with Crippen molar-refractivity contribution in [2.45, 2.75) is 50.8 Å². The molecule has 9 rings (SSSR count). The van der Waals surface area contributed by atoms with Gasteiger partial charge in [0.25, 0.3) is 23.6 Å². The first kappa shape index (κ1) is 47.1. The zero-order chi connectivity index (χ0) is 48.1. The summed E-state index contributed by atoms with van der Waals surface area (Å²) in [5, 5.41) is 19.4. The molecule has 2 aromatic heterocycles. The largest absolute Gasteiger partial charge is 0.490 e. The van der Waals surface area contributed by atoms with Gasteiger partial charge < -0.3 is 30.0 Å². The summed E-state index contributed by atoms with van der Waals surface area (Å²) in [6.07, 6.45) is 6.15. The van der Waals surface area contributed by atoms with Gasteiger partial charge in [0, 0.05) is 93.6 Å². The molecule has 3 aromatic carbocycles. The van der Waals surface area contributed by atoms with Gasteiger partial charge in [0.1, 0.15) is 17.9 Å². The minimum atomic E-state index is -1.45. The molecule has 3 unspecified atom stereocenters. The molecule has 5 amide bonds. The molecule has 0 radical (unpaired) electrons. The molecule has 4 aliphatic rings. The van der Waals surface area contributed by atoms with Crippen LogP contribution >= 0.6 is 0 Å². The van der Waals surface area contributed by atoms with Crippen molar-refractivity contribution in [2.24, 2.45) is 5.92 Å². The number of pyridine rings is 1. The molecule has 358 valence electrons. The zero-order valence-corrected chi connectivity index (χ0v) is 38.6. The molecule has 5 heterocycles. The summed E-state index contributed by atoms with van der Waals surface area (Å²) < 4.78 is 17.5. The number of hydrogen-bond acceptors (Lipinski definition) is 15. The molecule has 5 aromatic rings. The fourth-order valence-corrected chi connectivity index (χ4v) is 9.01. The number of aromatic nitrogens is 3. The first-order chi connectivity index (χ1) is 33.4. The standard InChI is InChI=1S/C51H55N9O9/c1-33-29-37(12-13-40(33)55-49-53-18-14-41(56-49)36-5-4-17-52-31-36)54-44(61)35-10-8-34(9-11-35)32-59-21-19-58(20-22-59)23-26-67-24-15-50(2,66)16-25-68-27-28-69-42-7-3-6-38-43(42)47(64)60(46(38)63)51-30-39(51)45(62)57-48(51)65/h3-14,17-18,29,31,39,66H,15-16,19-28,30,32H2,1-2H3,(H,54,61)(H,53,55,56)(H,57,62,65). The fraction of sp³-hybridized carbons (Fsp3) is 0.373. The van der Waals surface area contributed by atoms with E-state index in [-0.39, 0.29) is 49.0 Å². The highest BCUT2D eigenvalue weighted by Crippen LogP contribution is 2.55. The average molecular weight is 938 g/mol. The number of nitrogens with zero attached hydrogens (tertiary/aromatic N) is 6. The van der Waals surface area contributed by atoms with E-state index in [1.165, 1.54) is 6.07 Å². The molecular formula is C51H55N9O9. The van der Waals surface area contributed by atoms with Crippen LogP contribution in [0.5, 0.6) is 5.75 Å². The Bertz CT molecular complexity index is 2730. The van der Waals surface area contributed by atoms with Crippen LogP contribution in [0.2, 0.25) is 0 Å². The Morgan fingerprint density at radius 2 is 1.64 bits per heavy atom. The maximum absolute atomic E-state index is 13.4. The van der Waals surface area contributed by atoms with E-state index in [4.69, 9.17) is 14.2 Å². The van der Waals surface area contributed by atoms with E-state index in [9.17, 15) is 29.1 Å². The summed E-state index contributed by atoms with van der Waals surface area (Å²) in [7, 11) is 0. The molecule has 69 heavy (non-hydrogen) atoms. The number of ether oxygens (including phenoxy) is 3. The number of rotatable bonds is 21. The van der Waals surface area contributed by atoms with E-state index < -0.39 is 40.7 Å². The summed E-state index contributed by atoms with van der Waals surface area (Å²) >= 11 is 0. The van der Waals surface area contributed by atoms with Crippen molar-refractivity contribution in [1.82, 2.24) is 35.0 Å². The number of nitrogens with one attached hydrogen (secondary N) is 3. The number of anilines is 3. The molecule has 0 bridgehead atoms. The summed E-state index contributed by atoms with van der Waals surface area (Å²) in [5.41, 5.74) is 3.61. The molecule has 18 nitrogen and oxygen atoms in total. The lowest BCUT2D eigenvalue weighted by Crippen LogP contribution is -2.49. The van der Waals surface area contributed by atoms with Crippen LogP contribution in [0.1, 0.15) is 68.4 Å². The molecule has 3 aliphatic heterocycles. The monoisotopic (exact) mass is 937 g/mol. The number of imide groups is 2. The Hall–Kier alpha value is -6.96. The minimum absolute atomic E-state index is 0.0735. The molecule has 1 saturated carbocycles. The molecular weight excluding hydrogens is 883 g/mol. The highest BCUT2D eigenvalue weighted by molar-refractivity contribution is 6.28. The van der Waals surface area contributed by atoms with Gasteiger partial charge >= 0.3 is 0 Å². The highest BCUT2D eigenvalue weighted by Gasteiger charge is 2.75. The van der Waals surface area contributed by atoms with Crippen LogP contribution in [0, 0.1) is 12.8 Å². The van der Waals surface area contributed by atoms with Crippen molar-refractivity contribution in [1.29, 1.82) is 0 Å². The Morgan fingerprint density at radius 3 is 2.35 bits per heavy atom. The summed E-state index contributed by atoms with van der Waals surface area (Å²) in [5.74, 6) is -2.59. The number of aryl methyl sites for hydroxylation is 1. The van der Waals surface area contributed by atoms with Crippen molar-refractivity contribution in [3.8, 4) is 17.0 Å². The number of fused-ring (bicyclic) bond motifs is 2. The Labute approximate surface area is 399 Å². The lowest BCUT2D eigenvalue weighted by atomic mass is 9.99. The summed E-state index contributed by atoms with van der Waals surface area (Å²) in [6, 6.07) is 23.8. The van der Waals surface area contributed by atoms with Crippen LogP contribution < -0.4 is 20.7 Å². The van der Waals surface area contributed by atoms with E-state index in [1.807, 2.05) is 67.6 Å². The lowest BCUT2D eigenvalue weighted by Gasteiger charge is -2.34. The van der Waals surface area contributed by atoms with Gasteiger partial charge in [0.2, 0.25) is 11.9 Å². The predicted octanol–water partition coefficient (Wildman–Crippen LogP) is 4.62. The Kier molecular flexibility index (Phi) is 13.9. The van der Waals surface area contributed by atoms with Crippen LogP contribution in [0.3, 0.4) is 0 Å². The van der Waals surface area contributed by atoms with Crippen molar-refractivity contribution in [2.75, 3.05) is 76.4 Å². The minimum Gasteiger partial charge on any atom is -0.490 e. The number of carbonyl (C=O) groups is 5. The van der Waals surface area contributed by atoms with Gasteiger partial charge in [-0.2, -0.15) is 0 Å². The quantitative estimate of drug-likeness (QED) is 0.0584. The number of carbonyl (C=O) groups excluding carboxylic acids is 5. The third-order valence-electron chi connectivity index (χ3n) is 13.2. The lowest BCUT2D eigenvalue weighted by molar-refractivity contribution is -0.128. The van der Waals surface area contributed by atoms with Crippen molar-refractivity contribution in [3.63, 3.8) is 0 Å². The maximum Gasteiger partial charge on any atom is 0.266 e. The molecule has 2 saturated heterocycles. The van der Waals surface area contributed by atoms with Crippen molar-refractivity contribution >= 4 is 46.9 Å². The molecule has 0 spiro atoms. The number of aliphatic hydroxyl groups is 1. The summed E-state index contributed by atoms with van der Waals surface area (Å²) in [4.78, 5) is 83.2. The normalized spacial score (nSPS) is 19.8. The van der Waals surface area contributed by atoms with Gasteiger partial charge in [0.15, 0.2) is 0 Å². The van der Waals surface area contributed by atoms with Crippen LogP contribution in [-0.2, 0) is 25.6 Å². The van der Waals surface area contributed by atoms with Crippen LogP contribution in [-0.4, -0.2) is 141 Å². The number of amides is 5. The average Bonchev–Trinajstić information content (AvgIpc) is 3.98. The number of piperidine rings is 1. The van der Waals surface area contributed by atoms with E-state index in [0.29, 0.717) is 43.3 Å². The SMILES string of the molecule is Cc1cc(NC(=O)c2ccc(CN3CCN(CCOCCC(C)(O)CCOCCOc4cccc5c4C(=O)N(C46CC4C(=O)NC6=O)C5=O)CC3)cc2)ccc1Nc1nccc(-c2cccnc2)n1. The van der Waals surface area contributed by atoms with E-state index in [1.54, 1.807) is 37.6 Å². The van der Waals surface area contributed by atoms with Gasteiger partial charge in [-0.3, -0.25) is 49.0 Å². The van der Waals surface area contributed by atoms with Crippen LogP contribution in [0.15, 0.2) is 97.5 Å². The first-order valence-corrected chi connectivity index (χ1v) is 23.2. The zero-order valence-electron chi connectivity index (χ0n) is 38.6. The fourth-order valence-electron chi connectivity index (χ4n) is 9.01. The first-order valence-electron chi connectivity index (χ1n) is 23.2. The number of hydrogen-bond donors (Lipinski definition) is 4. The van der Waals surface area contributed by atoms with Gasteiger partial charge in [-0.05, 0) is 105 Å². The molecule has 18 heteroatoms. The Morgan fingerprint density at radius 1 is 0.870 bits per heavy atom. The van der Waals surface area contributed by atoms with E-state index >= 15 is 0 Å². The van der Waals surface area contributed by atoms with Gasteiger partial charge in [0.05, 0.1) is 41.6 Å². The third-order valence-corrected chi connectivity index (χ3v) is 13.2. The van der Waals surface area contributed by atoms with Crippen molar-refractivity contribution in [3.05, 3.63) is 125 Å². The smallest absolute Gasteiger partial charge is 0.266 e. The van der Waals surface area contributed by atoms with Crippen LogP contribution in [0.25, 0.3) is 11.3 Å². The van der Waals surface area contributed by atoms with Crippen LogP contribution in [0.4, 0.5) is 17.3 Å². The third kappa shape index (κ3) is 10.5. The number of benzene rings is 3. The summed E-state index contributed by atoms with van der Waals surface area (Å²) in [6.45, 7) is 10.5. The molecule has 1 aliphatic carbocycles. The molecule has 4 N–H and O–H groups in total. The maximum atomic E-state index is 13.4. The van der Waals surface area contributed by atoms with Gasteiger partial charge in [-0.15, -0.1) is 0 Å². The topological polar surface area (TPSA) is 218 Å². The van der Waals surface area contributed by atoms with E-state index in [2.05, 4.69) is 40.7 Å². The Balaban J connectivity index is 0.623. The van der Waals surface area contributed by atoms with Gasteiger partial charge in [-0.25, -0.2) is 9.97 Å². The second-order valence-electron chi connectivity index (χ2n) is 18.1. The second-order valence-corrected chi connectivity index (χ2v) is 18.1. The number of piperazine rings is 1. The highest BCUT2D eigenvalue weighted by atomic mass is 16.5. The second kappa shape index (κ2) is 20.3. The van der Waals surface area contributed by atoms with E-state index in [0.717, 1.165) is 72.2 Å². The predicted molar refractivity (Wildman–Crippen MR) is 254 cm³/mol.